The molecule has 0 aliphatic carbocycles. The van der Waals surface area contributed by atoms with Gasteiger partial charge in [0.25, 0.3) is 0 Å². The third kappa shape index (κ3) is 3.89. The first-order chi connectivity index (χ1) is 12.6. The molecule has 6 heteroatoms. The number of hydrogen-bond donors (Lipinski definition) is 0. The van der Waals surface area contributed by atoms with Crippen molar-refractivity contribution in [3.8, 4) is 11.5 Å². The van der Waals surface area contributed by atoms with Crippen molar-refractivity contribution in [2.45, 2.75) is 13.5 Å². The van der Waals surface area contributed by atoms with Crippen molar-refractivity contribution in [1.29, 1.82) is 0 Å². The molecule has 0 radical (unpaired) electrons. The summed E-state index contributed by atoms with van der Waals surface area (Å²) in [5, 5.41) is 1.33. The van der Waals surface area contributed by atoms with E-state index in [1.165, 1.54) is 13.2 Å². The average Bonchev–Trinajstić information content (AvgIpc) is 2.67. The van der Waals surface area contributed by atoms with Crippen molar-refractivity contribution < 1.29 is 19.0 Å². The summed E-state index contributed by atoms with van der Waals surface area (Å²) in [5.74, 6) is 0.280. The van der Waals surface area contributed by atoms with E-state index in [1.54, 1.807) is 6.07 Å². The monoisotopic (exact) mass is 371 g/mol. The Morgan fingerprint density at radius 3 is 2.73 bits per heavy atom. The second-order valence-electron chi connectivity index (χ2n) is 5.49. The second kappa shape index (κ2) is 8.06. The topological polar surface area (TPSA) is 57.7 Å². The Morgan fingerprint density at radius 1 is 1.15 bits per heavy atom. The van der Waals surface area contributed by atoms with E-state index in [-0.39, 0.29) is 12.2 Å². The molecule has 0 aliphatic heterocycles. The van der Waals surface area contributed by atoms with Gasteiger partial charge in [0.2, 0.25) is 0 Å². The molecule has 26 heavy (non-hydrogen) atoms. The lowest BCUT2D eigenvalue weighted by Gasteiger charge is -2.13. The van der Waals surface area contributed by atoms with Gasteiger partial charge >= 0.3 is 5.97 Å². The summed E-state index contributed by atoms with van der Waals surface area (Å²) >= 11 is 6.19. The smallest absolute Gasteiger partial charge is 0.338 e. The standard InChI is InChI=1S/C20H18ClNO4/c1-3-25-19-16(21)10-14(11-18(19)24-2)20(23)26-12-15-9-8-13-6-4-5-7-17(13)22-15/h4-11H,3,12H2,1-2H3. The Labute approximate surface area is 156 Å². The molecule has 1 aromatic heterocycles. The second-order valence-corrected chi connectivity index (χ2v) is 5.90. The van der Waals surface area contributed by atoms with Crippen LogP contribution in [-0.4, -0.2) is 24.7 Å². The molecule has 0 spiro atoms. The summed E-state index contributed by atoms with van der Waals surface area (Å²) < 4.78 is 16.1. The summed E-state index contributed by atoms with van der Waals surface area (Å²) in [7, 11) is 1.49. The lowest BCUT2D eigenvalue weighted by molar-refractivity contribution is 0.0467. The quantitative estimate of drug-likeness (QED) is 0.590. The Balaban J connectivity index is 1.75. The number of nitrogens with zero attached hydrogens (tertiary/aromatic N) is 1. The van der Waals surface area contributed by atoms with Gasteiger partial charge in [-0.2, -0.15) is 0 Å². The van der Waals surface area contributed by atoms with Gasteiger partial charge in [0.05, 0.1) is 35.5 Å². The Hall–Kier alpha value is -2.79. The van der Waals surface area contributed by atoms with Crippen LogP contribution in [0.4, 0.5) is 0 Å². The van der Waals surface area contributed by atoms with Crippen LogP contribution in [0.1, 0.15) is 23.0 Å². The molecule has 0 atom stereocenters. The van der Waals surface area contributed by atoms with E-state index in [1.807, 2.05) is 43.3 Å². The summed E-state index contributed by atoms with van der Waals surface area (Å²) in [6.45, 7) is 2.35. The highest BCUT2D eigenvalue weighted by molar-refractivity contribution is 6.32. The lowest BCUT2D eigenvalue weighted by atomic mass is 10.2. The maximum atomic E-state index is 12.4. The van der Waals surface area contributed by atoms with E-state index < -0.39 is 5.97 Å². The first-order valence-corrected chi connectivity index (χ1v) is 8.52. The van der Waals surface area contributed by atoms with Crippen LogP contribution in [0.3, 0.4) is 0 Å². The molecule has 0 fully saturated rings. The fourth-order valence-corrected chi connectivity index (χ4v) is 2.80. The zero-order chi connectivity index (χ0) is 18.5. The molecular weight excluding hydrogens is 354 g/mol. The molecule has 0 unspecified atom stereocenters. The molecule has 0 amide bonds. The van der Waals surface area contributed by atoms with Gasteiger partial charge in [-0.15, -0.1) is 0 Å². The van der Waals surface area contributed by atoms with Gasteiger partial charge in [-0.1, -0.05) is 35.9 Å². The minimum Gasteiger partial charge on any atom is -0.493 e. The summed E-state index contributed by atoms with van der Waals surface area (Å²) in [5.41, 5.74) is 1.81. The van der Waals surface area contributed by atoms with Crippen LogP contribution < -0.4 is 9.47 Å². The number of para-hydroxylation sites is 1. The van der Waals surface area contributed by atoms with Crippen LogP contribution in [0.2, 0.25) is 5.02 Å². The van der Waals surface area contributed by atoms with Gasteiger partial charge < -0.3 is 14.2 Å². The number of benzene rings is 2. The minimum atomic E-state index is -0.511. The summed E-state index contributed by atoms with van der Waals surface area (Å²) in [6, 6.07) is 14.6. The van der Waals surface area contributed by atoms with E-state index in [0.717, 1.165) is 10.9 Å². The van der Waals surface area contributed by atoms with Crippen LogP contribution in [0.5, 0.6) is 11.5 Å². The SMILES string of the molecule is CCOc1c(Cl)cc(C(=O)OCc2ccc3ccccc3n2)cc1OC. The number of halogens is 1. The molecule has 0 saturated heterocycles. The first kappa shape index (κ1) is 18.0. The molecule has 5 nitrogen and oxygen atoms in total. The molecular formula is C20H18ClNO4. The molecule has 0 saturated carbocycles. The number of pyridine rings is 1. The van der Waals surface area contributed by atoms with Gasteiger partial charge in [-0.05, 0) is 31.2 Å². The van der Waals surface area contributed by atoms with Crippen LogP contribution in [0.15, 0.2) is 48.5 Å². The zero-order valence-corrected chi connectivity index (χ0v) is 15.2. The number of methoxy groups -OCH3 is 1. The molecule has 3 rings (SSSR count). The number of ether oxygens (including phenoxy) is 3. The molecule has 1 heterocycles. The van der Waals surface area contributed by atoms with Crippen LogP contribution in [0.25, 0.3) is 10.9 Å². The Bertz CT molecular complexity index is 942. The maximum Gasteiger partial charge on any atom is 0.338 e. The number of rotatable bonds is 6. The highest BCUT2D eigenvalue weighted by atomic mass is 35.5. The van der Waals surface area contributed by atoms with Crippen molar-refractivity contribution in [3.05, 3.63) is 64.8 Å². The molecule has 0 aliphatic rings. The molecule has 134 valence electrons. The van der Waals surface area contributed by atoms with Crippen molar-refractivity contribution in [2.75, 3.05) is 13.7 Å². The molecule has 0 bridgehead atoms. The average molecular weight is 372 g/mol. The number of carbonyl (C=O) groups is 1. The third-order valence-electron chi connectivity index (χ3n) is 3.76. The van der Waals surface area contributed by atoms with Crippen LogP contribution in [-0.2, 0) is 11.3 Å². The van der Waals surface area contributed by atoms with E-state index in [9.17, 15) is 4.79 Å². The van der Waals surface area contributed by atoms with Crippen molar-refractivity contribution in [3.63, 3.8) is 0 Å². The number of hydrogen-bond acceptors (Lipinski definition) is 5. The Morgan fingerprint density at radius 2 is 1.96 bits per heavy atom. The lowest BCUT2D eigenvalue weighted by Crippen LogP contribution is -2.07. The van der Waals surface area contributed by atoms with Crippen LogP contribution in [0, 0.1) is 0 Å². The summed E-state index contributed by atoms with van der Waals surface area (Å²) in [6.07, 6.45) is 0. The van der Waals surface area contributed by atoms with Gasteiger partial charge in [0, 0.05) is 5.39 Å². The van der Waals surface area contributed by atoms with Gasteiger partial charge in [-0.25, -0.2) is 9.78 Å². The van der Waals surface area contributed by atoms with Crippen molar-refractivity contribution in [1.82, 2.24) is 4.98 Å². The van der Waals surface area contributed by atoms with Gasteiger partial charge in [0.1, 0.15) is 6.61 Å². The minimum absolute atomic E-state index is 0.0663. The van der Waals surface area contributed by atoms with Gasteiger partial charge in [0.15, 0.2) is 11.5 Å². The highest BCUT2D eigenvalue weighted by Crippen LogP contribution is 2.36. The van der Waals surface area contributed by atoms with Gasteiger partial charge in [-0.3, -0.25) is 0 Å². The van der Waals surface area contributed by atoms with E-state index in [2.05, 4.69) is 4.98 Å². The number of carbonyl (C=O) groups excluding carboxylic acids is 1. The molecule has 2 aromatic carbocycles. The third-order valence-corrected chi connectivity index (χ3v) is 4.04. The molecule has 3 aromatic rings. The number of fused-ring (bicyclic) bond motifs is 1. The van der Waals surface area contributed by atoms with Crippen molar-refractivity contribution >= 4 is 28.5 Å². The highest BCUT2D eigenvalue weighted by Gasteiger charge is 2.17. The fraction of sp³-hybridized carbons (Fsp3) is 0.200. The predicted molar refractivity (Wildman–Crippen MR) is 100 cm³/mol. The van der Waals surface area contributed by atoms with E-state index in [0.29, 0.717) is 28.8 Å². The number of esters is 1. The zero-order valence-electron chi connectivity index (χ0n) is 14.5. The normalized spacial score (nSPS) is 10.6. The van der Waals surface area contributed by atoms with Crippen molar-refractivity contribution in [2.24, 2.45) is 0 Å². The Kier molecular flexibility index (Phi) is 5.58. The first-order valence-electron chi connectivity index (χ1n) is 8.14. The molecule has 0 N–H and O–H groups in total. The van der Waals surface area contributed by atoms with E-state index in [4.69, 9.17) is 25.8 Å². The summed E-state index contributed by atoms with van der Waals surface area (Å²) in [4.78, 5) is 16.8. The van der Waals surface area contributed by atoms with Crippen LogP contribution >= 0.6 is 11.6 Å². The maximum absolute atomic E-state index is 12.4. The largest absolute Gasteiger partial charge is 0.493 e. The predicted octanol–water partition coefficient (Wildman–Crippen LogP) is 4.65. The van der Waals surface area contributed by atoms with E-state index >= 15 is 0 Å². The fourth-order valence-electron chi connectivity index (χ4n) is 2.53. The number of aromatic nitrogens is 1.